The van der Waals surface area contributed by atoms with E-state index in [0.717, 1.165) is 0 Å². The fourth-order valence-corrected chi connectivity index (χ4v) is 1.07. The summed E-state index contributed by atoms with van der Waals surface area (Å²) in [5, 5.41) is 27.6. The minimum Gasteiger partial charge on any atom is -0.391 e. The van der Waals surface area contributed by atoms with Crippen molar-refractivity contribution in [2.24, 2.45) is 0 Å². The Morgan fingerprint density at radius 1 is 1.53 bits per heavy atom. The Labute approximate surface area is 85.7 Å². The van der Waals surface area contributed by atoms with E-state index in [1.807, 2.05) is 0 Å². The lowest BCUT2D eigenvalue weighted by atomic mass is 10.1. The van der Waals surface area contributed by atoms with E-state index < -0.39 is 11.5 Å². The summed E-state index contributed by atoms with van der Waals surface area (Å²) in [6, 6.07) is 5.71. The first-order valence-electron chi connectivity index (χ1n) is 3.97. The van der Waals surface area contributed by atoms with Gasteiger partial charge >= 0.3 is 0 Å². The van der Waals surface area contributed by atoms with Crippen molar-refractivity contribution in [3.63, 3.8) is 0 Å². The molecule has 0 fully saturated rings. The molecule has 0 heterocycles. The summed E-state index contributed by atoms with van der Waals surface area (Å²) in [6.07, 6.45) is 0. The number of nitrogens with zero attached hydrogens (tertiary/aromatic N) is 2. The molecule has 5 heteroatoms. The Morgan fingerprint density at radius 3 is 2.80 bits per heavy atom. The SMILES string of the molecule is N#CC#Cc1ccc([N+](=O)[O-])c(CO)c1. The number of nitro groups is 1. The van der Waals surface area contributed by atoms with Crippen molar-refractivity contribution in [2.75, 3.05) is 0 Å². The van der Waals surface area contributed by atoms with Crippen LogP contribution in [-0.4, -0.2) is 10.0 Å². The van der Waals surface area contributed by atoms with Crippen LogP contribution in [0.5, 0.6) is 0 Å². The van der Waals surface area contributed by atoms with Gasteiger partial charge in [0.2, 0.25) is 0 Å². The van der Waals surface area contributed by atoms with Gasteiger partial charge in [0.05, 0.1) is 17.1 Å². The van der Waals surface area contributed by atoms with E-state index in [0.29, 0.717) is 5.56 Å². The Kier molecular flexibility index (Phi) is 3.39. The van der Waals surface area contributed by atoms with Crippen molar-refractivity contribution in [1.82, 2.24) is 0 Å². The minimum atomic E-state index is -0.576. The lowest BCUT2D eigenvalue weighted by Gasteiger charge is -1.99. The van der Waals surface area contributed by atoms with Gasteiger partial charge in [-0.2, -0.15) is 5.26 Å². The first kappa shape index (κ1) is 10.7. The van der Waals surface area contributed by atoms with Gasteiger partial charge in [0.25, 0.3) is 5.69 Å². The maximum Gasteiger partial charge on any atom is 0.274 e. The molecule has 0 spiro atoms. The van der Waals surface area contributed by atoms with Crippen LogP contribution in [0.15, 0.2) is 18.2 Å². The number of hydrogen-bond acceptors (Lipinski definition) is 4. The van der Waals surface area contributed by atoms with Crippen molar-refractivity contribution in [3.8, 4) is 17.9 Å². The Balaban J connectivity index is 3.20. The standard InChI is InChI=1S/C10H6N2O3/c11-5-1-2-8-3-4-10(12(14)15)9(6-8)7-13/h3-4,6,13H,7H2. The van der Waals surface area contributed by atoms with E-state index in [9.17, 15) is 10.1 Å². The average Bonchev–Trinajstić information content (AvgIpc) is 2.25. The molecule has 5 nitrogen and oxygen atoms in total. The van der Waals surface area contributed by atoms with Crippen LogP contribution in [-0.2, 0) is 6.61 Å². The van der Waals surface area contributed by atoms with Crippen LogP contribution in [0.2, 0.25) is 0 Å². The minimum absolute atomic E-state index is 0.153. The van der Waals surface area contributed by atoms with Gasteiger partial charge in [0.15, 0.2) is 6.07 Å². The Bertz CT molecular complexity index is 492. The Hall–Kier alpha value is -2.37. The van der Waals surface area contributed by atoms with Crippen LogP contribution in [0.1, 0.15) is 11.1 Å². The summed E-state index contributed by atoms with van der Waals surface area (Å²) in [5.41, 5.74) is 0.496. The zero-order valence-corrected chi connectivity index (χ0v) is 7.60. The molecule has 0 saturated carbocycles. The third-order valence-electron chi connectivity index (χ3n) is 1.71. The van der Waals surface area contributed by atoms with E-state index in [-0.39, 0.29) is 11.3 Å². The number of hydrogen-bond donors (Lipinski definition) is 1. The van der Waals surface area contributed by atoms with Crippen LogP contribution >= 0.6 is 0 Å². The molecule has 1 aromatic rings. The van der Waals surface area contributed by atoms with E-state index in [1.165, 1.54) is 18.2 Å². The number of aliphatic hydroxyl groups is 1. The highest BCUT2D eigenvalue weighted by molar-refractivity contribution is 5.48. The second kappa shape index (κ2) is 4.75. The zero-order valence-electron chi connectivity index (χ0n) is 7.60. The van der Waals surface area contributed by atoms with Gasteiger partial charge in [-0.05, 0) is 12.1 Å². The van der Waals surface area contributed by atoms with Crippen LogP contribution < -0.4 is 0 Å². The van der Waals surface area contributed by atoms with Crippen molar-refractivity contribution in [1.29, 1.82) is 5.26 Å². The van der Waals surface area contributed by atoms with Gasteiger partial charge in [0, 0.05) is 17.6 Å². The second-order valence-corrected chi connectivity index (χ2v) is 2.62. The first-order valence-corrected chi connectivity index (χ1v) is 3.97. The summed E-state index contributed by atoms with van der Waals surface area (Å²) < 4.78 is 0. The number of nitro benzene ring substituents is 1. The monoisotopic (exact) mass is 202 g/mol. The van der Waals surface area contributed by atoms with E-state index >= 15 is 0 Å². The molecular weight excluding hydrogens is 196 g/mol. The molecule has 0 amide bonds. The molecule has 0 unspecified atom stereocenters. The molecule has 0 saturated heterocycles. The molecular formula is C10H6N2O3. The fraction of sp³-hybridized carbons (Fsp3) is 0.100. The molecule has 1 aromatic carbocycles. The average molecular weight is 202 g/mol. The molecule has 0 bridgehead atoms. The molecule has 0 radical (unpaired) electrons. The van der Waals surface area contributed by atoms with Gasteiger partial charge < -0.3 is 5.11 Å². The molecule has 1 rings (SSSR count). The highest BCUT2D eigenvalue weighted by Gasteiger charge is 2.12. The lowest BCUT2D eigenvalue weighted by molar-refractivity contribution is -0.385. The maximum atomic E-state index is 10.5. The topological polar surface area (TPSA) is 87.2 Å². The van der Waals surface area contributed by atoms with Gasteiger partial charge in [0.1, 0.15) is 0 Å². The number of aliphatic hydroxyl groups excluding tert-OH is 1. The van der Waals surface area contributed by atoms with Crippen molar-refractivity contribution in [3.05, 3.63) is 39.4 Å². The van der Waals surface area contributed by atoms with E-state index in [1.54, 1.807) is 6.07 Å². The largest absolute Gasteiger partial charge is 0.391 e. The highest BCUT2D eigenvalue weighted by atomic mass is 16.6. The molecule has 74 valence electrons. The Morgan fingerprint density at radius 2 is 2.27 bits per heavy atom. The summed E-state index contributed by atoms with van der Waals surface area (Å²) >= 11 is 0. The van der Waals surface area contributed by atoms with Crippen LogP contribution in [0.3, 0.4) is 0 Å². The maximum absolute atomic E-state index is 10.5. The number of nitriles is 1. The van der Waals surface area contributed by atoms with Crippen molar-refractivity contribution < 1.29 is 10.0 Å². The fourth-order valence-electron chi connectivity index (χ4n) is 1.07. The molecule has 15 heavy (non-hydrogen) atoms. The van der Waals surface area contributed by atoms with E-state index in [2.05, 4.69) is 11.8 Å². The summed E-state index contributed by atoms with van der Waals surface area (Å²) in [6.45, 7) is -0.432. The van der Waals surface area contributed by atoms with Crippen LogP contribution in [0.25, 0.3) is 0 Å². The normalized spacial score (nSPS) is 8.53. The number of benzene rings is 1. The third-order valence-corrected chi connectivity index (χ3v) is 1.71. The zero-order chi connectivity index (χ0) is 11.3. The molecule has 1 N–H and O–H groups in total. The van der Waals surface area contributed by atoms with Gasteiger partial charge in [-0.25, -0.2) is 0 Å². The van der Waals surface area contributed by atoms with Gasteiger partial charge in [-0.3, -0.25) is 10.1 Å². The second-order valence-electron chi connectivity index (χ2n) is 2.62. The first-order chi connectivity index (χ1) is 7.19. The van der Waals surface area contributed by atoms with Crippen molar-refractivity contribution >= 4 is 5.69 Å². The van der Waals surface area contributed by atoms with Gasteiger partial charge in [-0.15, -0.1) is 0 Å². The third kappa shape index (κ3) is 2.53. The number of rotatable bonds is 2. The summed E-state index contributed by atoms with van der Waals surface area (Å²) in [5.74, 6) is 4.66. The summed E-state index contributed by atoms with van der Waals surface area (Å²) in [4.78, 5) is 9.94. The van der Waals surface area contributed by atoms with E-state index in [4.69, 9.17) is 10.4 Å². The smallest absolute Gasteiger partial charge is 0.274 e. The molecule has 0 atom stereocenters. The predicted molar refractivity (Wildman–Crippen MR) is 51.5 cm³/mol. The molecule has 0 aromatic heterocycles. The summed E-state index contributed by atoms with van der Waals surface area (Å²) in [7, 11) is 0. The van der Waals surface area contributed by atoms with Crippen LogP contribution in [0, 0.1) is 33.3 Å². The quantitative estimate of drug-likeness (QED) is 0.439. The predicted octanol–water partition coefficient (Wildman–Crippen LogP) is 0.962. The molecule has 0 aliphatic rings. The molecule has 0 aliphatic heterocycles. The lowest BCUT2D eigenvalue weighted by Crippen LogP contribution is -1.95. The highest BCUT2D eigenvalue weighted by Crippen LogP contribution is 2.19. The molecule has 0 aliphatic carbocycles. The van der Waals surface area contributed by atoms with Crippen molar-refractivity contribution in [2.45, 2.75) is 6.61 Å². The van der Waals surface area contributed by atoms with Gasteiger partial charge in [-0.1, -0.05) is 5.92 Å². The van der Waals surface area contributed by atoms with Crippen LogP contribution in [0.4, 0.5) is 5.69 Å².